The van der Waals surface area contributed by atoms with Crippen molar-refractivity contribution < 1.29 is 9.47 Å². The number of hydrogen-bond donors (Lipinski definition) is 1. The van der Waals surface area contributed by atoms with Crippen LogP contribution in [0.3, 0.4) is 0 Å². The van der Waals surface area contributed by atoms with Crippen molar-refractivity contribution in [1.29, 1.82) is 0 Å². The first-order chi connectivity index (χ1) is 11.9. The number of nitrogen functional groups attached to an aromatic ring is 1. The number of nitrogens with two attached hydrogens (primary N) is 1. The average Bonchev–Trinajstić information content (AvgIpc) is 2.57. The van der Waals surface area contributed by atoms with Crippen LogP contribution in [0.5, 0.6) is 23.0 Å². The van der Waals surface area contributed by atoms with E-state index in [2.05, 4.69) is 32.9 Å². The van der Waals surface area contributed by atoms with Crippen LogP contribution in [0.2, 0.25) is 0 Å². The van der Waals surface area contributed by atoms with E-state index in [0.717, 1.165) is 11.5 Å². The minimum absolute atomic E-state index is 0.0785. The molecule has 0 saturated carbocycles. The van der Waals surface area contributed by atoms with Gasteiger partial charge in [0.05, 0.1) is 5.69 Å². The van der Waals surface area contributed by atoms with Gasteiger partial charge in [-0.25, -0.2) is 0 Å². The molecule has 0 bridgehead atoms. The summed E-state index contributed by atoms with van der Waals surface area (Å²) in [5, 5.41) is 0. The van der Waals surface area contributed by atoms with Crippen molar-refractivity contribution in [2.75, 3.05) is 5.73 Å². The molecule has 3 aromatic rings. The Bertz CT molecular complexity index is 866. The Morgan fingerprint density at radius 2 is 1.28 bits per heavy atom. The van der Waals surface area contributed by atoms with Crippen LogP contribution in [0, 0.1) is 0 Å². The Balaban J connectivity index is 1.80. The van der Waals surface area contributed by atoms with E-state index in [1.54, 1.807) is 0 Å². The summed E-state index contributed by atoms with van der Waals surface area (Å²) < 4.78 is 11.9. The third kappa shape index (κ3) is 4.32. The molecule has 0 aromatic heterocycles. The van der Waals surface area contributed by atoms with E-state index in [1.165, 1.54) is 5.56 Å². The summed E-state index contributed by atoms with van der Waals surface area (Å²) in [5.41, 5.74) is 7.84. The molecule has 3 nitrogen and oxygen atoms in total. The van der Waals surface area contributed by atoms with Gasteiger partial charge in [0.1, 0.15) is 23.0 Å². The van der Waals surface area contributed by atoms with Crippen LogP contribution in [0.25, 0.3) is 0 Å². The minimum Gasteiger partial charge on any atom is -0.457 e. The van der Waals surface area contributed by atoms with Gasteiger partial charge >= 0.3 is 0 Å². The first-order valence-corrected chi connectivity index (χ1v) is 8.33. The van der Waals surface area contributed by atoms with Gasteiger partial charge in [-0.1, -0.05) is 51.1 Å². The largest absolute Gasteiger partial charge is 0.457 e. The predicted molar refractivity (Wildman–Crippen MR) is 103 cm³/mol. The third-order valence-corrected chi connectivity index (χ3v) is 3.89. The Kier molecular flexibility index (Phi) is 4.66. The van der Waals surface area contributed by atoms with E-state index in [1.807, 2.05) is 60.7 Å². The lowest BCUT2D eigenvalue weighted by atomic mass is 9.87. The van der Waals surface area contributed by atoms with E-state index < -0.39 is 0 Å². The maximum absolute atomic E-state index is 6.01. The Morgan fingerprint density at radius 3 is 1.96 bits per heavy atom. The van der Waals surface area contributed by atoms with Crippen molar-refractivity contribution >= 4 is 5.69 Å². The maximum atomic E-state index is 6.01. The number of benzene rings is 3. The summed E-state index contributed by atoms with van der Waals surface area (Å²) in [4.78, 5) is 0. The zero-order valence-electron chi connectivity index (χ0n) is 14.8. The van der Waals surface area contributed by atoms with E-state index >= 15 is 0 Å². The summed E-state index contributed by atoms with van der Waals surface area (Å²) in [6.45, 7) is 6.56. The number of rotatable bonds is 4. The van der Waals surface area contributed by atoms with Gasteiger partial charge in [-0.3, -0.25) is 0 Å². The topological polar surface area (TPSA) is 44.5 Å². The van der Waals surface area contributed by atoms with Gasteiger partial charge in [0.2, 0.25) is 0 Å². The van der Waals surface area contributed by atoms with Crippen LogP contribution in [0.1, 0.15) is 26.3 Å². The molecule has 0 heterocycles. The molecule has 0 fully saturated rings. The average molecular weight is 333 g/mol. The molecule has 0 spiro atoms. The fourth-order valence-corrected chi connectivity index (χ4v) is 2.46. The predicted octanol–water partition coefficient (Wildman–Crippen LogP) is 6.15. The molecule has 3 aromatic carbocycles. The summed E-state index contributed by atoms with van der Waals surface area (Å²) in [6.07, 6.45) is 0. The van der Waals surface area contributed by atoms with Crippen LogP contribution in [-0.2, 0) is 5.41 Å². The second-order valence-corrected chi connectivity index (χ2v) is 6.99. The Labute approximate surface area is 149 Å². The summed E-state index contributed by atoms with van der Waals surface area (Å²) in [6, 6.07) is 23.1. The standard InChI is InChI=1S/C22H23NO2/c1-22(2,3)16-8-6-9-17(14-16)24-18-10-7-11-19(15-18)25-21-13-5-4-12-20(21)23/h4-15H,23H2,1-3H3. The number of ether oxygens (including phenoxy) is 2. The molecule has 0 amide bonds. The molecular formula is C22H23NO2. The molecular weight excluding hydrogens is 310 g/mol. The highest BCUT2D eigenvalue weighted by Crippen LogP contribution is 2.32. The highest BCUT2D eigenvalue weighted by molar-refractivity contribution is 5.54. The molecule has 0 aliphatic carbocycles. The number of para-hydroxylation sites is 2. The molecule has 0 aliphatic rings. The summed E-state index contributed by atoms with van der Waals surface area (Å²) in [5.74, 6) is 2.85. The summed E-state index contributed by atoms with van der Waals surface area (Å²) >= 11 is 0. The highest BCUT2D eigenvalue weighted by Gasteiger charge is 2.14. The van der Waals surface area contributed by atoms with Crippen molar-refractivity contribution in [2.24, 2.45) is 0 Å². The quantitative estimate of drug-likeness (QED) is 0.582. The van der Waals surface area contributed by atoms with Gasteiger partial charge in [-0.15, -0.1) is 0 Å². The molecule has 0 aliphatic heterocycles. The fourth-order valence-electron chi connectivity index (χ4n) is 2.46. The van der Waals surface area contributed by atoms with Crippen molar-refractivity contribution in [3.05, 3.63) is 78.4 Å². The van der Waals surface area contributed by atoms with Crippen molar-refractivity contribution in [2.45, 2.75) is 26.2 Å². The monoisotopic (exact) mass is 333 g/mol. The smallest absolute Gasteiger partial charge is 0.150 e. The molecule has 0 unspecified atom stereocenters. The van der Waals surface area contributed by atoms with E-state index in [4.69, 9.17) is 15.2 Å². The van der Waals surface area contributed by atoms with Crippen molar-refractivity contribution in [3.63, 3.8) is 0 Å². The minimum atomic E-state index is 0.0785. The molecule has 0 saturated heterocycles. The highest BCUT2D eigenvalue weighted by atomic mass is 16.5. The number of hydrogen-bond acceptors (Lipinski definition) is 3. The SMILES string of the molecule is CC(C)(C)c1cccc(Oc2cccc(Oc3ccccc3N)c2)c1. The number of anilines is 1. The molecule has 0 atom stereocenters. The normalized spacial score (nSPS) is 11.2. The van der Waals surface area contributed by atoms with Crippen molar-refractivity contribution in [3.8, 4) is 23.0 Å². The van der Waals surface area contributed by atoms with Crippen LogP contribution in [-0.4, -0.2) is 0 Å². The Hall–Kier alpha value is -2.94. The Morgan fingerprint density at radius 1 is 0.680 bits per heavy atom. The van der Waals surface area contributed by atoms with E-state index in [9.17, 15) is 0 Å². The van der Waals surface area contributed by atoms with Crippen LogP contribution < -0.4 is 15.2 Å². The first-order valence-electron chi connectivity index (χ1n) is 8.33. The molecule has 25 heavy (non-hydrogen) atoms. The second-order valence-electron chi connectivity index (χ2n) is 6.99. The molecule has 128 valence electrons. The van der Waals surface area contributed by atoms with Gasteiger partial charge in [0.25, 0.3) is 0 Å². The summed E-state index contributed by atoms with van der Waals surface area (Å²) in [7, 11) is 0. The maximum Gasteiger partial charge on any atom is 0.150 e. The lowest BCUT2D eigenvalue weighted by Gasteiger charge is -2.19. The molecule has 2 N–H and O–H groups in total. The van der Waals surface area contributed by atoms with Crippen molar-refractivity contribution in [1.82, 2.24) is 0 Å². The zero-order chi connectivity index (χ0) is 17.9. The van der Waals surface area contributed by atoms with Crippen LogP contribution in [0.15, 0.2) is 72.8 Å². The molecule has 0 radical (unpaired) electrons. The van der Waals surface area contributed by atoms with E-state index in [0.29, 0.717) is 17.2 Å². The third-order valence-electron chi connectivity index (χ3n) is 3.89. The zero-order valence-corrected chi connectivity index (χ0v) is 14.8. The fraction of sp³-hybridized carbons (Fsp3) is 0.182. The van der Waals surface area contributed by atoms with Crippen LogP contribution >= 0.6 is 0 Å². The van der Waals surface area contributed by atoms with Crippen LogP contribution in [0.4, 0.5) is 5.69 Å². The lowest BCUT2D eigenvalue weighted by molar-refractivity contribution is 0.459. The van der Waals surface area contributed by atoms with Gasteiger partial charge in [-0.05, 0) is 47.4 Å². The van der Waals surface area contributed by atoms with Gasteiger partial charge in [0, 0.05) is 6.07 Å². The lowest BCUT2D eigenvalue weighted by Crippen LogP contribution is -2.10. The van der Waals surface area contributed by atoms with Gasteiger partial charge < -0.3 is 15.2 Å². The van der Waals surface area contributed by atoms with Gasteiger partial charge in [0.15, 0.2) is 0 Å². The second kappa shape index (κ2) is 6.89. The molecule has 3 heteroatoms. The van der Waals surface area contributed by atoms with Gasteiger partial charge in [-0.2, -0.15) is 0 Å². The molecule has 3 rings (SSSR count). The first kappa shape index (κ1) is 16.9. The van der Waals surface area contributed by atoms with E-state index in [-0.39, 0.29) is 5.41 Å².